The van der Waals surface area contributed by atoms with Crippen molar-refractivity contribution < 1.29 is 19.1 Å². The topological polar surface area (TPSA) is 116 Å². The standard InChI is InChI=1S/C24H23N3O3.C7H5ClO.CH5N/c1-3-30-23(29)13-6-16-4-10-19(11-5-16)27-24-20(22(15-28)26-27)12-8-17-7-9-18(25-2)14-21(17)24;8-7-4-2-1-3-6(7)5-9;1-2/h4-7,9-11,13-15,25H,3,8,12H2,1-2H3;1-5H;2H2,1H3/b13-6+;;. The number of nitrogens with two attached hydrogens (primary N) is 1. The van der Waals surface area contributed by atoms with Gasteiger partial charge < -0.3 is 15.8 Å². The Kier molecular flexibility index (Phi) is 11.6. The van der Waals surface area contributed by atoms with E-state index >= 15 is 0 Å². The van der Waals surface area contributed by atoms with E-state index in [4.69, 9.17) is 16.3 Å². The number of benzene rings is 3. The number of ether oxygens (including phenoxy) is 1. The first-order chi connectivity index (χ1) is 20.0. The first-order valence-corrected chi connectivity index (χ1v) is 13.5. The fraction of sp³-hybridized carbons (Fsp3) is 0.188. The number of carbonyl (C=O) groups excluding carboxylic acids is 3. The molecule has 0 saturated carbocycles. The molecule has 1 aliphatic carbocycles. The van der Waals surface area contributed by atoms with Crippen LogP contribution in [0.2, 0.25) is 5.02 Å². The zero-order chi connectivity index (χ0) is 29.8. The van der Waals surface area contributed by atoms with Gasteiger partial charge in [0.2, 0.25) is 0 Å². The first kappa shape index (κ1) is 31.0. The van der Waals surface area contributed by atoms with Gasteiger partial charge in [0.05, 0.1) is 23.0 Å². The Bertz CT molecular complexity index is 1530. The van der Waals surface area contributed by atoms with E-state index in [1.165, 1.54) is 18.7 Å². The highest BCUT2D eigenvalue weighted by atomic mass is 35.5. The van der Waals surface area contributed by atoms with Gasteiger partial charge in [0.25, 0.3) is 0 Å². The zero-order valence-corrected chi connectivity index (χ0v) is 24.0. The van der Waals surface area contributed by atoms with Crippen LogP contribution in [-0.4, -0.2) is 49.0 Å². The summed E-state index contributed by atoms with van der Waals surface area (Å²) in [5, 5.41) is 8.29. The van der Waals surface area contributed by atoms with Gasteiger partial charge in [-0.15, -0.1) is 0 Å². The summed E-state index contributed by atoms with van der Waals surface area (Å²) in [5.41, 5.74) is 12.6. The molecule has 0 saturated heterocycles. The summed E-state index contributed by atoms with van der Waals surface area (Å²) in [4.78, 5) is 33.3. The molecule has 8 nitrogen and oxygen atoms in total. The van der Waals surface area contributed by atoms with Gasteiger partial charge in [-0.2, -0.15) is 5.10 Å². The average molecular weight is 573 g/mol. The molecule has 5 rings (SSSR count). The number of hydrogen-bond donors (Lipinski definition) is 2. The SMILES string of the molecule is CCOC(=O)/C=C/c1ccc(-n2nc(C=O)c3c2-c2cc(NC)ccc2CC3)cc1.CN.O=Cc1ccccc1Cl. The molecule has 9 heteroatoms. The Balaban J connectivity index is 0.000000355. The fourth-order valence-electron chi connectivity index (χ4n) is 4.35. The summed E-state index contributed by atoms with van der Waals surface area (Å²) >= 11 is 5.59. The molecule has 0 radical (unpaired) electrons. The third kappa shape index (κ3) is 7.57. The smallest absolute Gasteiger partial charge is 0.330 e. The Hall–Kier alpha value is -4.53. The van der Waals surface area contributed by atoms with Crippen molar-refractivity contribution in [1.29, 1.82) is 0 Å². The number of nitrogens with zero attached hydrogens (tertiary/aromatic N) is 2. The molecule has 0 spiro atoms. The maximum atomic E-state index is 11.7. The van der Waals surface area contributed by atoms with Crippen molar-refractivity contribution in [2.75, 3.05) is 26.0 Å². The Morgan fingerprint density at radius 3 is 2.39 bits per heavy atom. The van der Waals surface area contributed by atoms with Crippen molar-refractivity contribution in [3.63, 3.8) is 0 Å². The van der Waals surface area contributed by atoms with Crippen molar-refractivity contribution in [3.05, 3.63) is 106 Å². The van der Waals surface area contributed by atoms with Gasteiger partial charge in [0, 0.05) is 35.5 Å². The van der Waals surface area contributed by atoms with Gasteiger partial charge in [-0.05, 0) is 74.3 Å². The predicted molar refractivity (Wildman–Crippen MR) is 164 cm³/mol. The molecule has 1 aliphatic rings. The second-order valence-corrected chi connectivity index (χ2v) is 9.09. The van der Waals surface area contributed by atoms with Crippen LogP contribution < -0.4 is 11.1 Å². The van der Waals surface area contributed by atoms with Crippen LogP contribution in [0.15, 0.2) is 72.8 Å². The Labute approximate surface area is 244 Å². The number of anilines is 1. The highest BCUT2D eigenvalue weighted by molar-refractivity contribution is 6.32. The molecule has 1 aromatic heterocycles. The Morgan fingerprint density at radius 1 is 1.05 bits per heavy atom. The maximum absolute atomic E-state index is 11.7. The summed E-state index contributed by atoms with van der Waals surface area (Å²) in [6.45, 7) is 2.12. The van der Waals surface area contributed by atoms with E-state index in [-0.39, 0.29) is 5.97 Å². The van der Waals surface area contributed by atoms with E-state index in [1.54, 1.807) is 37.3 Å². The third-order valence-corrected chi connectivity index (χ3v) is 6.64. The number of nitrogens with one attached hydrogen (secondary N) is 1. The minimum atomic E-state index is -0.365. The third-order valence-electron chi connectivity index (χ3n) is 6.29. The van der Waals surface area contributed by atoms with Crippen LogP contribution in [0.4, 0.5) is 5.69 Å². The summed E-state index contributed by atoms with van der Waals surface area (Å²) in [6.07, 6.45) is 6.37. The number of rotatable bonds is 7. The summed E-state index contributed by atoms with van der Waals surface area (Å²) in [5.74, 6) is -0.365. The van der Waals surface area contributed by atoms with Gasteiger partial charge in [0.15, 0.2) is 12.6 Å². The molecule has 0 atom stereocenters. The summed E-state index contributed by atoms with van der Waals surface area (Å²) in [6, 6.07) is 20.9. The van der Waals surface area contributed by atoms with Crippen LogP contribution in [0.25, 0.3) is 23.0 Å². The molecule has 212 valence electrons. The van der Waals surface area contributed by atoms with Crippen LogP contribution in [0.1, 0.15) is 44.5 Å². The van der Waals surface area contributed by atoms with E-state index in [2.05, 4.69) is 34.3 Å². The van der Waals surface area contributed by atoms with E-state index in [0.29, 0.717) is 22.9 Å². The molecule has 1 heterocycles. The molecule has 4 aromatic rings. The molecule has 0 amide bonds. The quantitative estimate of drug-likeness (QED) is 0.163. The van der Waals surface area contributed by atoms with Gasteiger partial charge >= 0.3 is 5.97 Å². The van der Waals surface area contributed by atoms with E-state index in [1.807, 2.05) is 36.0 Å². The number of aldehydes is 2. The first-order valence-electron chi connectivity index (χ1n) is 13.1. The molecule has 0 fully saturated rings. The lowest BCUT2D eigenvalue weighted by molar-refractivity contribution is -0.137. The molecule has 41 heavy (non-hydrogen) atoms. The lowest BCUT2D eigenvalue weighted by atomic mass is 9.88. The van der Waals surface area contributed by atoms with Gasteiger partial charge in [0.1, 0.15) is 5.69 Å². The van der Waals surface area contributed by atoms with Gasteiger partial charge in [-0.25, -0.2) is 9.48 Å². The number of carbonyl (C=O) groups is 3. The van der Waals surface area contributed by atoms with Crippen molar-refractivity contribution in [2.24, 2.45) is 5.73 Å². The zero-order valence-electron chi connectivity index (χ0n) is 23.3. The summed E-state index contributed by atoms with van der Waals surface area (Å²) in [7, 11) is 3.39. The molecule has 3 N–H and O–H groups in total. The lowest BCUT2D eigenvalue weighted by Gasteiger charge is -2.19. The Morgan fingerprint density at radius 2 is 1.78 bits per heavy atom. The van der Waals surface area contributed by atoms with Gasteiger partial charge in [-0.1, -0.05) is 48.0 Å². The molecule has 3 aromatic carbocycles. The molecule has 0 aliphatic heterocycles. The number of aromatic nitrogens is 2. The van der Waals surface area contributed by atoms with Crippen molar-refractivity contribution in [3.8, 4) is 16.9 Å². The molecule has 0 unspecified atom stereocenters. The van der Waals surface area contributed by atoms with Crippen LogP contribution in [0.3, 0.4) is 0 Å². The van der Waals surface area contributed by atoms with Crippen LogP contribution in [-0.2, 0) is 22.4 Å². The van der Waals surface area contributed by atoms with Crippen molar-refractivity contribution in [2.45, 2.75) is 19.8 Å². The van der Waals surface area contributed by atoms with Crippen molar-refractivity contribution >= 4 is 41.9 Å². The maximum Gasteiger partial charge on any atom is 0.330 e. The minimum absolute atomic E-state index is 0.350. The second-order valence-electron chi connectivity index (χ2n) is 8.68. The van der Waals surface area contributed by atoms with Gasteiger partial charge in [-0.3, -0.25) is 9.59 Å². The largest absolute Gasteiger partial charge is 0.463 e. The van der Waals surface area contributed by atoms with E-state index < -0.39 is 0 Å². The molecular weight excluding hydrogens is 540 g/mol. The van der Waals surface area contributed by atoms with Crippen LogP contribution in [0, 0.1) is 0 Å². The monoisotopic (exact) mass is 572 g/mol. The number of esters is 1. The highest BCUT2D eigenvalue weighted by Gasteiger charge is 2.26. The highest BCUT2D eigenvalue weighted by Crippen LogP contribution is 2.38. The number of fused-ring (bicyclic) bond motifs is 3. The second kappa shape index (κ2) is 15.3. The lowest BCUT2D eigenvalue weighted by Crippen LogP contribution is -2.08. The normalized spacial score (nSPS) is 11.1. The van der Waals surface area contributed by atoms with Crippen molar-refractivity contribution in [1.82, 2.24) is 9.78 Å². The van der Waals surface area contributed by atoms with Crippen LogP contribution >= 0.6 is 11.6 Å². The predicted octanol–water partition coefficient (Wildman–Crippen LogP) is 5.80. The average Bonchev–Trinajstić information content (AvgIpc) is 3.41. The number of aryl methyl sites for hydroxylation is 1. The molecular formula is C32H33ClN4O4. The fourth-order valence-corrected chi connectivity index (χ4v) is 4.53. The number of halogens is 1. The number of hydrogen-bond acceptors (Lipinski definition) is 7. The minimum Gasteiger partial charge on any atom is -0.463 e. The molecule has 0 bridgehead atoms. The van der Waals surface area contributed by atoms with Crippen LogP contribution in [0.5, 0.6) is 0 Å². The van der Waals surface area contributed by atoms with E-state index in [9.17, 15) is 14.4 Å². The van der Waals surface area contributed by atoms with E-state index in [0.717, 1.165) is 59.2 Å². The summed E-state index contributed by atoms with van der Waals surface area (Å²) < 4.78 is 6.75.